The van der Waals surface area contributed by atoms with E-state index in [9.17, 15) is 31.9 Å². The number of rotatable bonds is 10. The molecule has 1 aromatic carbocycles. The van der Waals surface area contributed by atoms with Gasteiger partial charge in [-0.15, -0.1) is 0 Å². The molecule has 39 heavy (non-hydrogen) atoms. The quantitative estimate of drug-likeness (QED) is 0.303. The Hall–Kier alpha value is -3.73. The molecule has 0 bridgehead atoms. The Morgan fingerprint density at radius 3 is 2.46 bits per heavy atom. The lowest BCUT2D eigenvalue weighted by Gasteiger charge is -2.31. The standard InChI is InChI=1S/C23H25F2N5O8S/c1-11-4-14(30-23(33)27-22(32)19(28-30)21(24)25)5-12(2)20(11)38-18-8-17(16(9-26-18)37-10-36-3)39(34,35)29-13-6-15(31)7-13/h4-5,8-9,13,15,21,29,31H,6-7,10H2,1-3H3,(H,27,32,33)/t13-,15-. The summed E-state index contributed by atoms with van der Waals surface area (Å²) >= 11 is 0. The Morgan fingerprint density at radius 1 is 1.21 bits per heavy atom. The minimum absolute atomic E-state index is 0.0845. The number of aliphatic hydroxyl groups is 1. The van der Waals surface area contributed by atoms with E-state index in [0.717, 1.165) is 12.3 Å². The molecule has 13 nitrogen and oxygen atoms in total. The predicted molar refractivity (Wildman–Crippen MR) is 131 cm³/mol. The van der Waals surface area contributed by atoms with E-state index in [1.54, 1.807) is 13.8 Å². The number of aliphatic hydroxyl groups excluding tert-OH is 1. The number of hydrogen-bond acceptors (Lipinski definition) is 10. The van der Waals surface area contributed by atoms with Gasteiger partial charge in [-0.25, -0.2) is 31.7 Å². The molecule has 0 aliphatic heterocycles. The molecule has 2 aromatic heterocycles. The van der Waals surface area contributed by atoms with Crippen LogP contribution in [0, 0.1) is 13.8 Å². The SMILES string of the molecule is COCOc1cnc(Oc2c(C)cc(-n3nc(C(F)F)c(=O)[nH]c3=O)cc2C)cc1S(=O)(=O)N[C@H]1C[C@H](O)C1. The number of alkyl halides is 2. The summed E-state index contributed by atoms with van der Waals surface area (Å²) in [5.74, 6) is 0.0626. The minimum Gasteiger partial charge on any atom is -0.465 e. The zero-order valence-electron chi connectivity index (χ0n) is 21.0. The van der Waals surface area contributed by atoms with Gasteiger partial charge in [0.25, 0.3) is 12.0 Å². The van der Waals surface area contributed by atoms with Crippen molar-refractivity contribution in [1.82, 2.24) is 24.5 Å². The van der Waals surface area contributed by atoms with Crippen molar-refractivity contribution in [2.24, 2.45) is 0 Å². The first kappa shape index (κ1) is 28.3. The van der Waals surface area contributed by atoms with Crippen LogP contribution < -0.4 is 25.4 Å². The molecule has 0 atom stereocenters. The van der Waals surface area contributed by atoms with Gasteiger partial charge in [0.05, 0.1) is 18.0 Å². The first-order chi connectivity index (χ1) is 18.4. The average molecular weight is 570 g/mol. The molecule has 4 rings (SSSR count). The van der Waals surface area contributed by atoms with Gasteiger partial charge in [-0.2, -0.15) is 9.78 Å². The number of pyridine rings is 1. The molecule has 1 aliphatic carbocycles. The molecule has 0 amide bonds. The average Bonchev–Trinajstić information content (AvgIpc) is 2.84. The van der Waals surface area contributed by atoms with Crippen LogP contribution in [0.25, 0.3) is 5.69 Å². The highest BCUT2D eigenvalue weighted by Crippen LogP contribution is 2.34. The number of sulfonamides is 1. The predicted octanol–water partition coefficient (Wildman–Crippen LogP) is 1.45. The van der Waals surface area contributed by atoms with E-state index < -0.39 is 45.5 Å². The molecule has 1 fully saturated rings. The van der Waals surface area contributed by atoms with Crippen molar-refractivity contribution in [2.45, 2.75) is 50.2 Å². The van der Waals surface area contributed by atoms with Gasteiger partial charge >= 0.3 is 5.69 Å². The zero-order valence-corrected chi connectivity index (χ0v) is 21.8. The van der Waals surface area contributed by atoms with Crippen LogP contribution in [0.15, 0.2) is 38.9 Å². The van der Waals surface area contributed by atoms with Gasteiger partial charge in [0.2, 0.25) is 15.9 Å². The van der Waals surface area contributed by atoms with E-state index in [0.29, 0.717) is 15.8 Å². The highest BCUT2D eigenvalue weighted by Gasteiger charge is 2.33. The van der Waals surface area contributed by atoms with Crippen LogP contribution in [-0.4, -0.2) is 59.3 Å². The van der Waals surface area contributed by atoms with Crippen molar-refractivity contribution in [1.29, 1.82) is 0 Å². The van der Waals surface area contributed by atoms with E-state index in [2.05, 4.69) is 14.8 Å². The van der Waals surface area contributed by atoms with E-state index in [1.165, 1.54) is 19.2 Å². The molecular weight excluding hydrogens is 544 g/mol. The summed E-state index contributed by atoms with van der Waals surface area (Å²) in [7, 11) is -2.73. The largest absolute Gasteiger partial charge is 0.465 e. The summed E-state index contributed by atoms with van der Waals surface area (Å²) in [6.45, 7) is 2.97. The maximum absolute atomic E-state index is 13.1. The Bertz CT molecular complexity index is 1580. The number of ether oxygens (including phenoxy) is 3. The molecule has 2 heterocycles. The molecule has 0 unspecified atom stereocenters. The van der Waals surface area contributed by atoms with Crippen molar-refractivity contribution in [3.63, 3.8) is 0 Å². The molecule has 0 spiro atoms. The van der Waals surface area contributed by atoms with Gasteiger partial charge in [-0.1, -0.05) is 0 Å². The number of hydrogen-bond donors (Lipinski definition) is 3. The highest BCUT2D eigenvalue weighted by molar-refractivity contribution is 7.89. The fourth-order valence-corrected chi connectivity index (χ4v) is 5.31. The van der Waals surface area contributed by atoms with Crippen LogP contribution in [-0.2, 0) is 14.8 Å². The number of methoxy groups -OCH3 is 1. The molecule has 3 N–H and O–H groups in total. The molecule has 0 radical (unpaired) electrons. The monoisotopic (exact) mass is 569 g/mol. The summed E-state index contributed by atoms with van der Waals surface area (Å²) in [4.78, 5) is 29.5. The van der Waals surface area contributed by atoms with Crippen molar-refractivity contribution in [3.05, 3.63) is 62.1 Å². The van der Waals surface area contributed by atoms with Gasteiger partial charge in [-0.3, -0.25) is 9.78 Å². The van der Waals surface area contributed by atoms with Crippen LogP contribution in [0.1, 0.15) is 36.1 Å². The number of halogens is 2. The maximum atomic E-state index is 13.1. The third-order valence-electron chi connectivity index (χ3n) is 5.82. The van der Waals surface area contributed by atoms with Crippen LogP contribution in [0.3, 0.4) is 0 Å². The maximum Gasteiger partial charge on any atom is 0.349 e. The van der Waals surface area contributed by atoms with Crippen LogP contribution in [0.2, 0.25) is 0 Å². The molecule has 16 heteroatoms. The number of nitrogens with one attached hydrogen (secondary N) is 2. The third-order valence-corrected chi connectivity index (χ3v) is 7.36. The van der Waals surface area contributed by atoms with Crippen LogP contribution in [0.4, 0.5) is 8.78 Å². The smallest absolute Gasteiger partial charge is 0.349 e. The number of aromatic nitrogens is 4. The van der Waals surface area contributed by atoms with Crippen LogP contribution >= 0.6 is 0 Å². The first-order valence-electron chi connectivity index (χ1n) is 11.5. The summed E-state index contributed by atoms with van der Waals surface area (Å²) in [6.07, 6.45) is -2.05. The molecule has 1 aliphatic rings. The number of aromatic amines is 1. The normalized spacial score (nSPS) is 17.2. The Kier molecular flexibility index (Phi) is 8.10. The first-order valence-corrected chi connectivity index (χ1v) is 13.0. The molecule has 1 saturated carbocycles. The van der Waals surface area contributed by atoms with Crippen molar-refractivity contribution >= 4 is 10.0 Å². The third kappa shape index (κ3) is 6.13. The lowest BCUT2D eigenvalue weighted by atomic mass is 9.91. The Morgan fingerprint density at radius 2 is 1.87 bits per heavy atom. The van der Waals surface area contributed by atoms with Gasteiger partial charge in [0, 0.05) is 19.2 Å². The van der Waals surface area contributed by atoms with E-state index in [4.69, 9.17) is 14.2 Å². The highest BCUT2D eigenvalue weighted by atomic mass is 32.2. The Balaban J connectivity index is 1.68. The van der Waals surface area contributed by atoms with Crippen molar-refractivity contribution in [2.75, 3.05) is 13.9 Å². The second-order valence-corrected chi connectivity index (χ2v) is 10.5. The Labute approximate surface area is 220 Å². The van der Waals surface area contributed by atoms with E-state index >= 15 is 0 Å². The summed E-state index contributed by atoms with van der Waals surface area (Å²) in [5, 5.41) is 13.0. The van der Waals surface area contributed by atoms with Gasteiger partial charge in [-0.05, 0) is 49.9 Å². The molecule has 0 saturated heterocycles. The van der Waals surface area contributed by atoms with Crippen molar-refractivity contribution in [3.8, 4) is 23.1 Å². The number of aryl methyl sites for hydroxylation is 2. The number of nitrogens with zero attached hydrogens (tertiary/aromatic N) is 3. The van der Waals surface area contributed by atoms with E-state index in [1.807, 2.05) is 4.98 Å². The fraction of sp³-hybridized carbons (Fsp3) is 0.391. The molecular formula is C23H25F2N5O8S. The van der Waals surface area contributed by atoms with Crippen molar-refractivity contribution < 1.29 is 36.5 Å². The number of H-pyrrole nitrogens is 1. The van der Waals surface area contributed by atoms with Gasteiger partial charge in [0.1, 0.15) is 10.6 Å². The second kappa shape index (κ2) is 11.2. The molecule has 3 aromatic rings. The summed E-state index contributed by atoms with van der Waals surface area (Å²) < 4.78 is 71.7. The zero-order chi connectivity index (χ0) is 28.5. The topological polar surface area (TPSA) is 175 Å². The lowest BCUT2D eigenvalue weighted by molar-refractivity contribution is 0.0485. The minimum atomic E-state index is -4.10. The van der Waals surface area contributed by atoms with E-state index in [-0.39, 0.29) is 47.6 Å². The number of benzene rings is 1. The summed E-state index contributed by atoms with van der Waals surface area (Å²) in [6, 6.07) is 3.56. The second-order valence-electron chi connectivity index (χ2n) is 8.83. The van der Waals surface area contributed by atoms with Gasteiger partial charge < -0.3 is 19.3 Å². The van der Waals surface area contributed by atoms with Gasteiger partial charge in [0.15, 0.2) is 18.2 Å². The fourth-order valence-electron chi connectivity index (χ4n) is 3.92. The molecule has 210 valence electrons. The summed E-state index contributed by atoms with van der Waals surface area (Å²) in [5.41, 5.74) is -2.45. The lowest BCUT2D eigenvalue weighted by Crippen LogP contribution is -2.46. The van der Waals surface area contributed by atoms with Crippen LogP contribution in [0.5, 0.6) is 17.4 Å².